The number of carbonyl (C=O) groups is 2. The fraction of sp³-hybridized carbons (Fsp3) is 0.478. The maximum absolute atomic E-state index is 13.1. The zero-order chi connectivity index (χ0) is 20.4. The van der Waals surface area contributed by atoms with Crippen molar-refractivity contribution in [3.8, 4) is 0 Å². The van der Waals surface area contributed by atoms with Crippen LogP contribution in [0.1, 0.15) is 51.4 Å². The van der Waals surface area contributed by atoms with Gasteiger partial charge in [0.05, 0.1) is 12.8 Å². The Bertz CT molecular complexity index is 713. The molecule has 0 aliphatic rings. The molecule has 0 N–H and O–H groups in total. The normalized spacial score (nSPS) is 11.8. The lowest BCUT2D eigenvalue weighted by Gasteiger charge is -2.31. The SMILES string of the molecule is CCCC(=O)N(CC(=O)N(CCc1ccccc1)Cc1ccco1)[C@H](C)CC. The first-order valence-electron chi connectivity index (χ1n) is 10.2. The second kappa shape index (κ2) is 11.3. The van der Waals surface area contributed by atoms with E-state index in [-0.39, 0.29) is 24.4 Å². The summed E-state index contributed by atoms with van der Waals surface area (Å²) in [6.07, 6.45) is 4.46. The second-order valence-electron chi connectivity index (χ2n) is 7.16. The van der Waals surface area contributed by atoms with E-state index in [1.54, 1.807) is 16.1 Å². The lowest BCUT2D eigenvalue weighted by atomic mass is 10.1. The van der Waals surface area contributed by atoms with Crippen molar-refractivity contribution in [1.29, 1.82) is 0 Å². The predicted octanol–water partition coefficient (Wildman–Crippen LogP) is 4.28. The predicted molar refractivity (Wildman–Crippen MR) is 111 cm³/mol. The van der Waals surface area contributed by atoms with Gasteiger partial charge in [0.15, 0.2) is 0 Å². The summed E-state index contributed by atoms with van der Waals surface area (Å²) in [5, 5.41) is 0. The van der Waals surface area contributed by atoms with Crippen LogP contribution in [0.3, 0.4) is 0 Å². The highest BCUT2D eigenvalue weighted by molar-refractivity contribution is 5.85. The molecule has 0 unspecified atom stereocenters. The van der Waals surface area contributed by atoms with E-state index in [0.29, 0.717) is 19.5 Å². The smallest absolute Gasteiger partial charge is 0.242 e. The molecule has 2 aromatic rings. The highest BCUT2D eigenvalue weighted by Crippen LogP contribution is 2.12. The molecule has 5 heteroatoms. The fourth-order valence-corrected chi connectivity index (χ4v) is 3.10. The van der Waals surface area contributed by atoms with Crippen LogP contribution in [0.2, 0.25) is 0 Å². The van der Waals surface area contributed by atoms with E-state index < -0.39 is 0 Å². The molecule has 0 aliphatic heterocycles. The second-order valence-corrected chi connectivity index (χ2v) is 7.16. The maximum Gasteiger partial charge on any atom is 0.242 e. The Morgan fingerprint density at radius 2 is 1.79 bits per heavy atom. The third kappa shape index (κ3) is 6.55. The third-order valence-corrected chi connectivity index (χ3v) is 5.01. The van der Waals surface area contributed by atoms with Crippen LogP contribution >= 0.6 is 0 Å². The monoisotopic (exact) mass is 384 g/mol. The van der Waals surface area contributed by atoms with E-state index in [1.165, 1.54) is 5.56 Å². The van der Waals surface area contributed by atoms with Crippen molar-refractivity contribution < 1.29 is 14.0 Å². The van der Waals surface area contributed by atoms with Gasteiger partial charge in [-0.25, -0.2) is 0 Å². The van der Waals surface area contributed by atoms with Gasteiger partial charge in [0, 0.05) is 19.0 Å². The summed E-state index contributed by atoms with van der Waals surface area (Å²) in [6.45, 7) is 7.13. The van der Waals surface area contributed by atoms with Crippen LogP contribution in [-0.2, 0) is 22.6 Å². The third-order valence-electron chi connectivity index (χ3n) is 5.01. The van der Waals surface area contributed by atoms with Crippen molar-refractivity contribution in [2.24, 2.45) is 0 Å². The number of carbonyl (C=O) groups excluding carboxylic acids is 2. The molecule has 2 rings (SSSR count). The summed E-state index contributed by atoms with van der Waals surface area (Å²) in [5.41, 5.74) is 1.18. The lowest BCUT2D eigenvalue weighted by molar-refractivity contribution is -0.142. The molecule has 0 bridgehead atoms. The number of nitrogens with zero attached hydrogens (tertiary/aromatic N) is 2. The van der Waals surface area contributed by atoms with E-state index in [9.17, 15) is 9.59 Å². The zero-order valence-corrected chi connectivity index (χ0v) is 17.3. The van der Waals surface area contributed by atoms with Gasteiger partial charge in [-0.1, -0.05) is 44.2 Å². The Kier molecular flexibility index (Phi) is 8.79. The quantitative estimate of drug-likeness (QED) is 0.581. The number of furan rings is 1. The van der Waals surface area contributed by atoms with E-state index in [4.69, 9.17) is 4.42 Å². The van der Waals surface area contributed by atoms with Crippen molar-refractivity contribution in [2.75, 3.05) is 13.1 Å². The Morgan fingerprint density at radius 3 is 2.39 bits per heavy atom. The summed E-state index contributed by atoms with van der Waals surface area (Å²) in [6, 6.07) is 13.9. The lowest BCUT2D eigenvalue weighted by Crippen LogP contribution is -2.46. The van der Waals surface area contributed by atoms with Gasteiger partial charge < -0.3 is 14.2 Å². The molecule has 1 heterocycles. The Balaban J connectivity index is 2.10. The molecule has 1 aromatic carbocycles. The topological polar surface area (TPSA) is 53.8 Å². The summed E-state index contributed by atoms with van der Waals surface area (Å²) in [5.74, 6) is 0.750. The van der Waals surface area contributed by atoms with Crippen LogP contribution in [0.15, 0.2) is 53.1 Å². The molecule has 1 aromatic heterocycles. The van der Waals surface area contributed by atoms with Gasteiger partial charge in [-0.3, -0.25) is 9.59 Å². The molecule has 1 atom stereocenters. The fourth-order valence-electron chi connectivity index (χ4n) is 3.10. The first-order chi connectivity index (χ1) is 13.5. The van der Waals surface area contributed by atoms with E-state index >= 15 is 0 Å². The van der Waals surface area contributed by atoms with Crippen molar-refractivity contribution >= 4 is 11.8 Å². The molecule has 0 radical (unpaired) electrons. The average molecular weight is 385 g/mol. The molecule has 2 amide bonds. The van der Waals surface area contributed by atoms with Gasteiger partial charge in [-0.15, -0.1) is 0 Å². The number of benzene rings is 1. The largest absolute Gasteiger partial charge is 0.467 e. The van der Waals surface area contributed by atoms with Crippen LogP contribution in [0.25, 0.3) is 0 Å². The minimum atomic E-state index is -0.0444. The highest BCUT2D eigenvalue weighted by Gasteiger charge is 2.24. The van der Waals surface area contributed by atoms with E-state index in [2.05, 4.69) is 12.1 Å². The van der Waals surface area contributed by atoms with E-state index in [0.717, 1.165) is 25.0 Å². The molecular formula is C23H32N2O3. The minimum Gasteiger partial charge on any atom is -0.467 e. The number of hydrogen-bond acceptors (Lipinski definition) is 3. The standard InChI is InChI=1S/C23H32N2O3/c1-4-10-22(26)25(19(3)5-2)18-23(27)24(17-21-13-9-16-28-21)15-14-20-11-7-6-8-12-20/h6-9,11-13,16,19H,4-5,10,14-15,17-18H2,1-3H3/t19-/m1/s1. The van der Waals surface area contributed by atoms with Gasteiger partial charge in [0.25, 0.3) is 0 Å². The molecule has 28 heavy (non-hydrogen) atoms. The van der Waals surface area contributed by atoms with Gasteiger partial charge in [-0.2, -0.15) is 0 Å². The van der Waals surface area contributed by atoms with Crippen molar-refractivity contribution in [3.05, 3.63) is 60.1 Å². The molecular weight excluding hydrogens is 352 g/mol. The van der Waals surface area contributed by atoms with Crippen LogP contribution in [0.5, 0.6) is 0 Å². The number of amides is 2. The first-order valence-corrected chi connectivity index (χ1v) is 10.2. The maximum atomic E-state index is 13.1. The van der Waals surface area contributed by atoms with Crippen molar-refractivity contribution in [1.82, 2.24) is 9.80 Å². The summed E-state index contributed by atoms with van der Waals surface area (Å²) >= 11 is 0. The molecule has 0 spiro atoms. The Morgan fingerprint density at radius 1 is 1.04 bits per heavy atom. The van der Waals surface area contributed by atoms with Gasteiger partial charge in [-0.05, 0) is 43.9 Å². The Labute approximate surface area is 168 Å². The van der Waals surface area contributed by atoms with Gasteiger partial charge >= 0.3 is 0 Å². The van der Waals surface area contributed by atoms with Crippen LogP contribution in [-0.4, -0.2) is 40.7 Å². The van der Waals surface area contributed by atoms with E-state index in [1.807, 2.05) is 51.1 Å². The molecule has 152 valence electrons. The van der Waals surface area contributed by atoms with Crippen molar-refractivity contribution in [2.45, 2.75) is 59.0 Å². The number of hydrogen-bond donors (Lipinski definition) is 0. The summed E-state index contributed by atoms with van der Waals surface area (Å²) in [7, 11) is 0. The highest BCUT2D eigenvalue weighted by atomic mass is 16.3. The van der Waals surface area contributed by atoms with Crippen LogP contribution in [0, 0.1) is 0 Å². The van der Waals surface area contributed by atoms with Crippen LogP contribution in [0.4, 0.5) is 0 Å². The average Bonchev–Trinajstić information content (AvgIpc) is 3.22. The summed E-state index contributed by atoms with van der Waals surface area (Å²) in [4.78, 5) is 29.2. The molecule has 0 saturated carbocycles. The van der Waals surface area contributed by atoms with Gasteiger partial charge in [0.1, 0.15) is 12.3 Å². The Hall–Kier alpha value is -2.56. The molecule has 5 nitrogen and oxygen atoms in total. The first kappa shape index (κ1) is 21.7. The van der Waals surface area contributed by atoms with Crippen LogP contribution < -0.4 is 0 Å². The molecule has 0 saturated heterocycles. The minimum absolute atomic E-state index is 0.0441. The van der Waals surface area contributed by atoms with Gasteiger partial charge in [0.2, 0.25) is 11.8 Å². The molecule has 0 fully saturated rings. The molecule has 0 aliphatic carbocycles. The number of rotatable bonds is 11. The van der Waals surface area contributed by atoms with Crippen molar-refractivity contribution in [3.63, 3.8) is 0 Å². The summed E-state index contributed by atoms with van der Waals surface area (Å²) < 4.78 is 5.45. The zero-order valence-electron chi connectivity index (χ0n) is 17.3.